The molecule has 0 aliphatic rings. The highest BCUT2D eigenvalue weighted by molar-refractivity contribution is 6.51. The fraction of sp³-hybridized carbons (Fsp3) is 0.333. The Kier molecular flexibility index (Phi) is 2.28. The summed E-state index contributed by atoms with van der Waals surface area (Å²) in [7, 11) is -2.51. The SMILES string of the molecule is C=C(B(O)O)C(F)(F)F. The number of rotatable bonds is 1. The van der Waals surface area contributed by atoms with E-state index in [0.717, 1.165) is 0 Å². The zero-order valence-electron chi connectivity index (χ0n) is 4.31. The maximum atomic E-state index is 11.3. The second-order valence-corrected chi connectivity index (χ2v) is 1.40. The summed E-state index contributed by atoms with van der Waals surface area (Å²) in [6.07, 6.45) is -4.71. The highest BCUT2D eigenvalue weighted by Gasteiger charge is 2.38. The molecule has 0 aromatic carbocycles. The van der Waals surface area contributed by atoms with Crippen molar-refractivity contribution in [2.24, 2.45) is 0 Å². The van der Waals surface area contributed by atoms with Crippen LogP contribution in [0.1, 0.15) is 0 Å². The van der Waals surface area contributed by atoms with Crippen molar-refractivity contribution >= 4 is 7.12 Å². The van der Waals surface area contributed by atoms with Crippen LogP contribution in [-0.4, -0.2) is 23.3 Å². The molecule has 6 heteroatoms. The van der Waals surface area contributed by atoms with Crippen LogP contribution in [0.15, 0.2) is 12.1 Å². The van der Waals surface area contributed by atoms with Gasteiger partial charge in [-0.3, -0.25) is 0 Å². The van der Waals surface area contributed by atoms with Crippen molar-refractivity contribution in [3.8, 4) is 0 Å². The van der Waals surface area contributed by atoms with E-state index in [1.165, 1.54) is 0 Å². The van der Waals surface area contributed by atoms with E-state index in [2.05, 4.69) is 6.58 Å². The van der Waals surface area contributed by atoms with Gasteiger partial charge in [0.1, 0.15) is 0 Å². The molecule has 0 rings (SSSR count). The van der Waals surface area contributed by atoms with Gasteiger partial charge >= 0.3 is 13.3 Å². The lowest BCUT2D eigenvalue weighted by atomic mass is 9.80. The van der Waals surface area contributed by atoms with E-state index in [0.29, 0.717) is 0 Å². The molecule has 0 atom stereocenters. The highest BCUT2D eigenvalue weighted by Crippen LogP contribution is 2.23. The molecule has 0 saturated carbocycles. The molecule has 0 fully saturated rings. The Morgan fingerprint density at radius 3 is 1.67 bits per heavy atom. The van der Waals surface area contributed by atoms with Crippen LogP contribution in [0.2, 0.25) is 0 Å². The van der Waals surface area contributed by atoms with Crippen LogP contribution >= 0.6 is 0 Å². The largest absolute Gasteiger partial charge is 0.492 e. The lowest BCUT2D eigenvalue weighted by Crippen LogP contribution is -2.26. The molecular weight excluding hydrogens is 136 g/mol. The van der Waals surface area contributed by atoms with Crippen molar-refractivity contribution in [2.75, 3.05) is 0 Å². The minimum atomic E-state index is -4.71. The Balaban J connectivity index is 4.06. The quantitative estimate of drug-likeness (QED) is 0.507. The highest BCUT2D eigenvalue weighted by atomic mass is 19.4. The van der Waals surface area contributed by atoms with E-state index in [1.807, 2.05) is 0 Å². The van der Waals surface area contributed by atoms with Crippen LogP contribution in [-0.2, 0) is 0 Å². The first-order valence-corrected chi connectivity index (χ1v) is 1.98. The number of hydrogen-bond donors (Lipinski definition) is 2. The van der Waals surface area contributed by atoms with E-state index in [-0.39, 0.29) is 0 Å². The molecule has 0 aliphatic carbocycles. The van der Waals surface area contributed by atoms with Gasteiger partial charge in [0.15, 0.2) is 0 Å². The summed E-state index contributed by atoms with van der Waals surface area (Å²) >= 11 is 0. The van der Waals surface area contributed by atoms with E-state index in [4.69, 9.17) is 10.0 Å². The molecule has 0 radical (unpaired) electrons. The Labute approximate surface area is 49.8 Å². The van der Waals surface area contributed by atoms with Gasteiger partial charge in [0.05, 0.1) is 5.47 Å². The maximum absolute atomic E-state index is 11.3. The summed E-state index contributed by atoms with van der Waals surface area (Å²) in [5.74, 6) is 0. The normalized spacial score (nSPS) is 11.2. The number of allylic oxidation sites excluding steroid dienone is 1. The molecule has 0 aromatic heterocycles. The van der Waals surface area contributed by atoms with E-state index < -0.39 is 18.8 Å². The Morgan fingerprint density at radius 1 is 1.33 bits per heavy atom. The molecule has 0 heterocycles. The number of halogens is 3. The Morgan fingerprint density at radius 2 is 1.67 bits per heavy atom. The van der Waals surface area contributed by atoms with E-state index >= 15 is 0 Å². The third-order valence-electron chi connectivity index (χ3n) is 0.676. The molecule has 0 bridgehead atoms. The van der Waals surface area contributed by atoms with Gasteiger partial charge in [0, 0.05) is 0 Å². The summed E-state index contributed by atoms with van der Waals surface area (Å²) in [5, 5.41) is 15.8. The van der Waals surface area contributed by atoms with Gasteiger partial charge in [0.25, 0.3) is 0 Å². The second kappa shape index (κ2) is 2.41. The standard InChI is InChI=1S/C3H4BF3O2/c1-2(4(8)9)3(5,6)7/h8-9H,1H2. The first-order chi connectivity index (χ1) is 3.85. The van der Waals surface area contributed by atoms with E-state index in [9.17, 15) is 13.2 Å². The van der Waals surface area contributed by atoms with Crippen LogP contribution in [0.3, 0.4) is 0 Å². The fourth-order valence-electron chi connectivity index (χ4n) is 0.146. The average molecular weight is 140 g/mol. The zero-order chi connectivity index (χ0) is 7.65. The van der Waals surface area contributed by atoms with Gasteiger partial charge in [-0.2, -0.15) is 13.2 Å². The van der Waals surface area contributed by atoms with Gasteiger partial charge in [-0.25, -0.2) is 0 Å². The van der Waals surface area contributed by atoms with Gasteiger partial charge in [0.2, 0.25) is 0 Å². The molecule has 9 heavy (non-hydrogen) atoms. The van der Waals surface area contributed by atoms with Crippen LogP contribution in [0.4, 0.5) is 13.2 Å². The molecular formula is C3H4BF3O2. The first-order valence-electron chi connectivity index (χ1n) is 1.98. The third-order valence-corrected chi connectivity index (χ3v) is 0.676. The molecule has 2 nitrogen and oxygen atoms in total. The minimum Gasteiger partial charge on any atom is -0.423 e. The molecule has 0 amide bonds. The molecule has 0 saturated heterocycles. The van der Waals surface area contributed by atoms with Gasteiger partial charge in [-0.05, 0) is 0 Å². The summed E-state index contributed by atoms with van der Waals surface area (Å²) in [6.45, 7) is 2.40. The monoisotopic (exact) mass is 140 g/mol. The van der Waals surface area contributed by atoms with Crippen molar-refractivity contribution in [1.82, 2.24) is 0 Å². The molecule has 52 valence electrons. The topological polar surface area (TPSA) is 40.5 Å². The van der Waals surface area contributed by atoms with Crippen LogP contribution in [0.25, 0.3) is 0 Å². The maximum Gasteiger partial charge on any atom is 0.492 e. The zero-order valence-corrected chi connectivity index (χ0v) is 4.31. The lowest BCUT2D eigenvalue weighted by Gasteiger charge is -2.06. The smallest absolute Gasteiger partial charge is 0.423 e. The fourth-order valence-corrected chi connectivity index (χ4v) is 0.146. The average Bonchev–Trinajstić information content (AvgIpc) is 1.62. The number of alkyl halides is 3. The third kappa shape index (κ3) is 2.52. The first kappa shape index (κ1) is 8.51. The molecule has 0 unspecified atom stereocenters. The van der Waals surface area contributed by atoms with Gasteiger partial charge < -0.3 is 10.0 Å². The van der Waals surface area contributed by atoms with Crippen molar-refractivity contribution in [1.29, 1.82) is 0 Å². The van der Waals surface area contributed by atoms with Crippen molar-refractivity contribution in [3.05, 3.63) is 12.1 Å². The molecule has 0 aliphatic heterocycles. The van der Waals surface area contributed by atoms with Crippen molar-refractivity contribution < 1.29 is 23.2 Å². The van der Waals surface area contributed by atoms with Gasteiger partial charge in [-0.15, -0.1) is 0 Å². The minimum absolute atomic E-state index is 1.55. The molecule has 0 spiro atoms. The van der Waals surface area contributed by atoms with E-state index in [1.54, 1.807) is 0 Å². The van der Waals surface area contributed by atoms with Crippen LogP contribution < -0.4 is 0 Å². The summed E-state index contributed by atoms with van der Waals surface area (Å²) < 4.78 is 33.8. The van der Waals surface area contributed by atoms with Crippen LogP contribution in [0, 0.1) is 0 Å². The van der Waals surface area contributed by atoms with Crippen LogP contribution in [0.5, 0.6) is 0 Å². The Hall–Kier alpha value is -0.485. The predicted octanol–water partition coefficient (Wildman–Crippen LogP) is 0.117. The Bertz CT molecular complexity index is 119. The summed E-state index contributed by atoms with van der Waals surface area (Å²) in [4.78, 5) is 0. The van der Waals surface area contributed by atoms with Crippen molar-refractivity contribution in [3.63, 3.8) is 0 Å². The second-order valence-electron chi connectivity index (χ2n) is 1.40. The molecule has 0 aromatic rings. The summed E-state index contributed by atoms with van der Waals surface area (Å²) in [5.41, 5.74) is -1.55. The molecule has 2 N–H and O–H groups in total. The predicted molar refractivity (Wildman–Crippen MR) is 25.4 cm³/mol. The van der Waals surface area contributed by atoms with Crippen molar-refractivity contribution in [2.45, 2.75) is 6.18 Å². The lowest BCUT2D eigenvalue weighted by molar-refractivity contribution is -0.0871. The van der Waals surface area contributed by atoms with Gasteiger partial charge in [-0.1, -0.05) is 6.58 Å². The summed E-state index contributed by atoms with van der Waals surface area (Å²) in [6, 6.07) is 0. The number of hydrogen-bond acceptors (Lipinski definition) is 2.